The number of aromatic hydroxyl groups is 1. The minimum atomic E-state index is -0.572. The average Bonchev–Trinajstić information content (AvgIpc) is 2.59. The average molecular weight is 340 g/mol. The van der Waals surface area contributed by atoms with Crippen molar-refractivity contribution in [1.29, 1.82) is 0 Å². The molecule has 0 atom stereocenters. The van der Waals surface area contributed by atoms with Gasteiger partial charge in [-0.3, -0.25) is 4.79 Å². The second-order valence-electron chi connectivity index (χ2n) is 5.46. The van der Waals surface area contributed by atoms with E-state index in [4.69, 9.17) is 13.9 Å². The van der Waals surface area contributed by atoms with Gasteiger partial charge >= 0.3 is 11.6 Å². The van der Waals surface area contributed by atoms with Crippen LogP contribution in [0.15, 0.2) is 57.7 Å². The molecule has 128 valence electrons. The number of phenolic OH excluding ortho intramolecular Hbond substituents is 1. The quantitative estimate of drug-likeness (QED) is 0.568. The number of ether oxygens (including phenoxy) is 2. The molecule has 0 fully saturated rings. The molecule has 0 unspecified atom stereocenters. The van der Waals surface area contributed by atoms with Crippen LogP contribution in [0.2, 0.25) is 0 Å². The Morgan fingerprint density at radius 2 is 2.00 bits per heavy atom. The van der Waals surface area contributed by atoms with Crippen molar-refractivity contribution in [3.8, 4) is 11.5 Å². The van der Waals surface area contributed by atoms with Crippen LogP contribution >= 0.6 is 0 Å². The Morgan fingerprint density at radius 1 is 1.16 bits per heavy atom. The Labute approximate surface area is 143 Å². The lowest BCUT2D eigenvalue weighted by Crippen LogP contribution is -2.10. The topological polar surface area (TPSA) is 86.0 Å². The van der Waals surface area contributed by atoms with Crippen LogP contribution in [-0.2, 0) is 22.6 Å². The van der Waals surface area contributed by atoms with E-state index in [0.29, 0.717) is 16.7 Å². The van der Waals surface area contributed by atoms with Crippen molar-refractivity contribution in [2.24, 2.45) is 0 Å². The molecular formula is C19H16O6. The van der Waals surface area contributed by atoms with Crippen LogP contribution in [0.3, 0.4) is 0 Å². The van der Waals surface area contributed by atoms with Crippen LogP contribution in [0.5, 0.6) is 11.5 Å². The van der Waals surface area contributed by atoms with Gasteiger partial charge in [-0.25, -0.2) is 4.79 Å². The smallest absolute Gasteiger partial charge is 0.336 e. The maximum absolute atomic E-state index is 12.1. The number of phenols is 1. The molecule has 0 aliphatic rings. The van der Waals surface area contributed by atoms with Crippen molar-refractivity contribution in [1.82, 2.24) is 0 Å². The lowest BCUT2D eigenvalue weighted by molar-refractivity contribution is -0.144. The molecule has 6 heteroatoms. The summed E-state index contributed by atoms with van der Waals surface area (Å²) in [6.45, 7) is -0.0598. The van der Waals surface area contributed by atoms with Gasteiger partial charge < -0.3 is 19.0 Å². The molecule has 0 aliphatic carbocycles. The first kappa shape index (κ1) is 16.6. The fraction of sp³-hybridized carbons (Fsp3) is 0.158. The van der Waals surface area contributed by atoms with Gasteiger partial charge in [0.2, 0.25) is 0 Å². The fourth-order valence-corrected chi connectivity index (χ4v) is 2.50. The molecule has 0 spiro atoms. The van der Waals surface area contributed by atoms with Crippen LogP contribution in [0.25, 0.3) is 11.0 Å². The molecule has 3 aromatic rings. The van der Waals surface area contributed by atoms with Crippen molar-refractivity contribution in [3.63, 3.8) is 0 Å². The van der Waals surface area contributed by atoms with Gasteiger partial charge in [0.1, 0.15) is 23.7 Å². The van der Waals surface area contributed by atoms with Gasteiger partial charge in [0.25, 0.3) is 0 Å². The monoisotopic (exact) mass is 340 g/mol. The highest BCUT2D eigenvalue weighted by molar-refractivity contribution is 5.81. The van der Waals surface area contributed by atoms with Crippen molar-refractivity contribution in [2.75, 3.05) is 7.11 Å². The largest absolute Gasteiger partial charge is 0.508 e. The molecule has 25 heavy (non-hydrogen) atoms. The number of hydrogen-bond acceptors (Lipinski definition) is 6. The number of hydrogen-bond donors (Lipinski definition) is 1. The Bertz CT molecular complexity index is 973. The zero-order valence-electron chi connectivity index (χ0n) is 13.5. The lowest BCUT2D eigenvalue weighted by atomic mass is 10.1. The first-order chi connectivity index (χ1) is 12.0. The Hall–Kier alpha value is -3.28. The van der Waals surface area contributed by atoms with Gasteiger partial charge in [-0.2, -0.15) is 0 Å². The van der Waals surface area contributed by atoms with E-state index in [1.54, 1.807) is 37.4 Å². The van der Waals surface area contributed by atoms with Gasteiger partial charge in [0.15, 0.2) is 0 Å². The van der Waals surface area contributed by atoms with E-state index >= 15 is 0 Å². The van der Waals surface area contributed by atoms with Gasteiger partial charge in [-0.15, -0.1) is 0 Å². The van der Waals surface area contributed by atoms with Gasteiger partial charge in [-0.1, -0.05) is 12.1 Å². The summed E-state index contributed by atoms with van der Waals surface area (Å²) in [6, 6.07) is 12.9. The van der Waals surface area contributed by atoms with E-state index < -0.39 is 11.6 Å². The lowest BCUT2D eigenvalue weighted by Gasteiger charge is -2.08. The molecule has 0 aliphatic heterocycles. The third-order valence-corrected chi connectivity index (χ3v) is 3.69. The van der Waals surface area contributed by atoms with Crippen molar-refractivity contribution in [2.45, 2.75) is 13.0 Å². The summed E-state index contributed by atoms with van der Waals surface area (Å²) in [6.07, 6.45) is 0.0946. The Kier molecular flexibility index (Phi) is 4.70. The van der Waals surface area contributed by atoms with Crippen molar-refractivity contribution < 1.29 is 23.8 Å². The molecule has 0 bridgehead atoms. The third-order valence-electron chi connectivity index (χ3n) is 3.69. The standard InChI is InChI=1S/C19H16O6/c1-23-15-4-2-3-12(7-15)8-18(21)24-11-13-9-19(22)25-17-10-14(20)5-6-16(13)17/h2-7,9-10,20H,8,11H2,1H3. The SMILES string of the molecule is COc1cccc(CC(=O)OCc2cc(=O)oc3cc(O)ccc23)c1. The van der Waals surface area contributed by atoms with E-state index in [1.165, 1.54) is 18.2 Å². The fourth-order valence-electron chi connectivity index (χ4n) is 2.50. The molecule has 1 aromatic heterocycles. The zero-order chi connectivity index (χ0) is 17.8. The summed E-state index contributed by atoms with van der Waals surface area (Å²) in [5, 5.41) is 10.1. The van der Waals surface area contributed by atoms with Crippen LogP contribution in [0.4, 0.5) is 0 Å². The number of carbonyl (C=O) groups is 1. The summed E-state index contributed by atoms with van der Waals surface area (Å²) in [7, 11) is 1.56. The maximum Gasteiger partial charge on any atom is 0.336 e. The van der Waals surface area contributed by atoms with Crippen molar-refractivity contribution >= 4 is 16.9 Å². The van der Waals surface area contributed by atoms with Crippen LogP contribution < -0.4 is 10.4 Å². The molecule has 1 N–H and O–H groups in total. The van der Waals surface area contributed by atoms with Gasteiger partial charge in [0, 0.05) is 23.1 Å². The van der Waals surface area contributed by atoms with Gasteiger partial charge in [-0.05, 0) is 29.8 Å². The van der Waals surface area contributed by atoms with E-state index in [-0.39, 0.29) is 24.4 Å². The Morgan fingerprint density at radius 3 is 2.80 bits per heavy atom. The first-order valence-electron chi connectivity index (χ1n) is 7.59. The van der Waals surface area contributed by atoms with Crippen LogP contribution in [0.1, 0.15) is 11.1 Å². The highest BCUT2D eigenvalue weighted by Crippen LogP contribution is 2.22. The summed E-state index contributed by atoms with van der Waals surface area (Å²) in [5.41, 5.74) is 0.959. The maximum atomic E-state index is 12.1. The predicted molar refractivity (Wildman–Crippen MR) is 90.6 cm³/mol. The highest BCUT2D eigenvalue weighted by atomic mass is 16.5. The second kappa shape index (κ2) is 7.09. The molecular weight excluding hydrogens is 324 g/mol. The number of rotatable bonds is 5. The first-order valence-corrected chi connectivity index (χ1v) is 7.59. The van der Waals surface area contributed by atoms with E-state index in [9.17, 15) is 14.7 Å². The summed E-state index contributed by atoms with van der Waals surface area (Å²) >= 11 is 0. The number of benzene rings is 2. The molecule has 0 amide bonds. The number of esters is 1. The van der Waals surface area contributed by atoms with Crippen LogP contribution in [-0.4, -0.2) is 18.2 Å². The molecule has 1 heterocycles. The zero-order valence-corrected chi connectivity index (χ0v) is 13.5. The molecule has 0 saturated heterocycles. The summed E-state index contributed by atoms with van der Waals surface area (Å²) < 4.78 is 15.4. The number of carbonyl (C=O) groups excluding carboxylic acids is 1. The molecule has 0 radical (unpaired) electrons. The number of methoxy groups -OCH3 is 1. The van der Waals surface area contributed by atoms with Gasteiger partial charge in [0.05, 0.1) is 13.5 Å². The second-order valence-corrected chi connectivity index (χ2v) is 5.46. The normalized spacial score (nSPS) is 10.6. The minimum Gasteiger partial charge on any atom is -0.508 e. The predicted octanol–water partition coefficient (Wildman–Crippen LogP) is 2.79. The van der Waals surface area contributed by atoms with E-state index in [0.717, 1.165) is 5.56 Å². The van der Waals surface area contributed by atoms with Crippen LogP contribution in [0, 0.1) is 0 Å². The third kappa shape index (κ3) is 3.98. The molecule has 3 rings (SSSR count). The van der Waals surface area contributed by atoms with E-state index in [1.807, 2.05) is 0 Å². The summed E-state index contributed by atoms with van der Waals surface area (Å²) in [5.74, 6) is 0.230. The Balaban J connectivity index is 1.73. The number of fused-ring (bicyclic) bond motifs is 1. The van der Waals surface area contributed by atoms with Crippen molar-refractivity contribution in [3.05, 3.63) is 70.1 Å². The minimum absolute atomic E-state index is 0.0113. The molecule has 6 nitrogen and oxygen atoms in total. The summed E-state index contributed by atoms with van der Waals surface area (Å²) in [4.78, 5) is 23.7. The molecule has 0 saturated carbocycles. The molecule has 2 aromatic carbocycles. The van der Waals surface area contributed by atoms with E-state index in [2.05, 4.69) is 0 Å². The highest BCUT2D eigenvalue weighted by Gasteiger charge is 2.10.